The average Bonchev–Trinajstić information content (AvgIpc) is 2.63. The molecular formula is C20H25NO3. The van der Waals surface area contributed by atoms with E-state index in [2.05, 4.69) is 0 Å². The molecule has 0 heterocycles. The second-order valence-electron chi connectivity index (χ2n) is 6.21. The molecule has 24 heavy (non-hydrogen) atoms. The summed E-state index contributed by atoms with van der Waals surface area (Å²) in [5.74, 6) is 2.35. The number of benzene rings is 2. The van der Waals surface area contributed by atoms with Crippen molar-refractivity contribution in [3.63, 3.8) is 0 Å². The predicted molar refractivity (Wildman–Crippen MR) is 95.7 cm³/mol. The number of hydrogen-bond acceptors (Lipinski definition) is 4. The number of ether oxygens (including phenoxy) is 3. The van der Waals surface area contributed by atoms with Crippen LogP contribution in [0.25, 0.3) is 0 Å². The molecule has 1 aliphatic rings. The summed E-state index contributed by atoms with van der Waals surface area (Å²) in [6.07, 6.45) is 6.34. The lowest BCUT2D eigenvalue weighted by atomic mass is 9.98. The van der Waals surface area contributed by atoms with Crippen LogP contribution in [0.5, 0.6) is 17.2 Å². The Morgan fingerprint density at radius 3 is 2.33 bits per heavy atom. The summed E-state index contributed by atoms with van der Waals surface area (Å²) in [4.78, 5) is 0. The van der Waals surface area contributed by atoms with E-state index in [9.17, 15) is 0 Å². The van der Waals surface area contributed by atoms with E-state index in [0.29, 0.717) is 18.4 Å². The van der Waals surface area contributed by atoms with Crippen LogP contribution in [0.15, 0.2) is 42.5 Å². The Balaban J connectivity index is 1.57. The van der Waals surface area contributed by atoms with Gasteiger partial charge in [0.1, 0.15) is 23.9 Å². The van der Waals surface area contributed by atoms with Gasteiger partial charge in [0.2, 0.25) is 0 Å². The van der Waals surface area contributed by atoms with Crippen molar-refractivity contribution < 1.29 is 14.2 Å². The highest BCUT2D eigenvalue weighted by molar-refractivity contribution is 5.56. The van der Waals surface area contributed by atoms with E-state index < -0.39 is 0 Å². The van der Waals surface area contributed by atoms with Crippen molar-refractivity contribution in [3.05, 3.63) is 48.0 Å². The van der Waals surface area contributed by atoms with Crippen molar-refractivity contribution in [3.8, 4) is 17.2 Å². The number of anilines is 1. The van der Waals surface area contributed by atoms with Crippen LogP contribution < -0.4 is 19.9 Å². The topological polar surface area (TPSA) is 53.7 Å². The second-order valence-corrected chi connectivity index (χ2v) is 6.21. The third-order valence-corrected chi connectivity index (χ3v) is 4.39. The summed E-state index contributed by atoms with van der Waals surface area (Å²) >= 11 is 0. The van der Waals surface area contributed by atoms with E-state index in [1.807, 2.05) is 42.5 Å². The van der Waals surface area contributed by atoms with Crippen LogP contribution in [-0.2, 0) is 6.61 Å². The van der Waals surface area contributed by atoms with E-state index in [0.717, 1.165) is 35.7 Å². The second kappa shape index (κ2) is 7.95. The first-order valence-electron chi connectivity index (χ1n) is 8.56. The SMILES string of the molecule is COc1ccc(COc2ccc(OC3CCCCC3)c(N)c2)cc1. The maximum absolute atomic E-state index is 6.12. The van der Waals surface area contributed by atoms with Gasteiger partial charge in [-0.05, 0) is 55.5 Å². The maximum Gasteiger partial charge on any atom is 0.142 e. The molecule has 4 heteroatoms. The number of nitrogen functional groups attached to an aromatic ring is 1. The van der Waals surface area contributed by atoms with Gasteiger partial charge in [-0.25, -0.2) is 0 Å². The van der Waals surface area contributed by atoms with Crippen molar-refractivity contribution in [2.45, 2.75) is 44.8 Å². The van der Waals surface area contributed by atoms with Gasteiger partial charge in [-0.3, -0.25) is 0 Å². The number of rotatable bonds is 6. The quantitative estimate of drug-likeness (QED) is 0.790. The smallest absolute Gasteiger partial charge is 0.142 e. The van der Waals surface area contributed by atoms with Gasteiger partial charge in [0, 0.05) is 6.07 Å². The molecule has 2 aromatic carbocycles. The summed E-state index contributed by atoms with van der Waals surface area (Å²) in [6.45, 7) is 0.492. The summed E-state index contributed by atoms with van der Waals surface area (Å²) in [7, 11) is 1.66. The molecule has 1 saturated carbocycles. The maximum atomic E-state index is 6.12. The number of methoxy groups -OCH3 is 1. The first-order chi connectivity index (χ1) is 11.7. The predicted octanol–water partition coefficient (Wildman–Crippen LogP) is 4.57. The molecular weight excluding hydrogens is 302 g/mol. The fourth-order valence-electron chi connectivity index (χ4n) is 2.97. The lowest BCUT2D eigenvalue weighted by molar-refractivity contribution is 0.156. The molecule has 0 radical (unpaired) electrons. The van der Waals surface area contributed by atoms with Gasteiger partial charge in [-0.1, -0.05) is 18.6 Å². The normalized spacial score (nSPS) is 15.0. The van der Waals surface area contributed by atoms with Crippen LogP contribution in [0.3, 0.4) is 0 Å². The lowest BCUT2D eigenvalue weighted by Crippen LogP contribution is -2.20. The molecule has 0 saturated heterocycles. The van der Waals surface area contributed by atoms with Crippen molar-refractivity contribution >= 4 is 5.69 Å². The molecule has 0 bridgehead atoms. The summed E-state index contributed by atoms with van der Waals surface area (Å²) in [5, 5.41) is 0. The molecule has 0 unspecified atom stereocenters. The van der Waals surface area contributed by atoms with E-state index in [1.54, 1.807) is 7.11 Å². The van der Waals surface area contributed by atoms with Gasteiger partial charge in [0.15, 0.2) is 0 Å². The summed E-state index contributed by atoms with van der Waals surface area (Å²) < 4.78 is 17.0. The minimum atomic E-state index is 0.298. The Bertz CT molecular complexity index is 648. The molecule has 2 N–H and O–H groups in total. The Morgan fingerprint density at radius 1 is 0.958 bits per heavy atom. The largest absolute Gasteiger partial charge is 0.497 e. The van der Waals surface area contributed by atoms with E-state index in [4.69, 9.17) is 19.9 Å². The van der Waals surface area contributed by atoms with E-state index in [1.165, 1.54) is 19.3 Å². The van der Waals surface area contributed by atoms with Crippen molar-refractivity contribution in [2.24, 2.45) is 0 Å². The van der Waals surface area contributed by atoms with Crippen molar-refractivity contribution in [1.82, 2.24) is 0 Å². The minimum absolute atomic E-state index is 0.298. The molecule has 1 fully saturated rings. The standard InChI is InChI=1S/C20H25NO3/c1-22-16-9-7-15(8-10-16)14-23-18-11-12-20(19(21)13-18)24-17-5-3-2-4-6-17/h7-13,17H,2-6,14,21H2,1H3. The van der Waals surface area contributed by atoms with Crippen LogP contribution in [0, 0.1) is 0 Å². The van der Waals surface area contributed by atoms with Gasteiger partial charge < -0.3 is 19.9 Å². The summed E-state index contributed by atoms with van der Waals surface area (Å²) in [6, 6.07) is 13.5. The fourth-order valence-corrected chi connectivity index (χ4v) is 2.97. The lowest BCUT2D eigenvalue weighted by Gasteiger charge is -2.23. The molecule has 2 aromatic rings. The Hall–Kier alpha value is -2.36. The molecule has 0 spiro atoms. The fraction of sp³-hybridized carbons (Fsp3) is 0.400. The Labute approximate surface area is 143 Å². The van der Waals surface area contributed by atoms with Crippen LogP contribution in [-0.4, -0.2) is 13.2 Å². The van der Waals surface area contributed by atoms with Crippen LogP contribution in [0.1, 0.15) is 37.7 Å². The first-order valence-corrected chi connectivity index (χ1v) is 8.56. The van der Waals surface area contributed by atoms with Crippen LogP contribution in [0.4, 0.5) is 5.69 Å². The highest BCUT2D eigenvalue weighted by Crippen LogP contribution is 2.30. The molecule has 3 rings (SSSR count). The summed E-state index contributed by atoms with van der Waals surface area (Å²) in [5.41, 5.74) is 7.84. The molecule has 0 amide bonds. The van der Waals surface area contributed by atoms with Crippen LogP contribution in [0.2, 0.25) is 0 Å². The van der Waals surface area contributed by atoms with Gasteiger partial charge in [0.25, 0.3) is 0 Å². The molecule has 0 aliphatic heterocycles. The molecule has 0 atom stereocenters. The van der Waals surface area contributed by atoms with Gasteiger partial charge in [-0.15, -0.1) is 0 Å². The molecule has 128 valence electrons. The van der Waals surface area contributed by atoms with Gasteiger partial charge >= 0.3 is 0 Å². The zero-order chi connectivity index (χ0) is 16.8. The molecule has 0 aromatic heterocycles. The number of hydrogen-bond donors (Lipinski definition) is 1. The Morgan fingerprint density at radius 2 is 1.67 bits per heavy atom. The highest BCUT2D eigenvalue weighted by atomic mass is 16.5. The zero-order valence-corrected chi connectivity index (χ0v) is 14.2. The highest BCUT2D eigenvalue weighted by Gasteiger charge is 2.16. The zero-order valence-electron chi connectivity index (χ0n) is 14.2. The van der Waals surface area contributed by atoms with Crippen LogP contribution >= 0.6 is 0 Å². The molecule has 1 aliphatic carbocycles. The third kappa shape index (κ3) is 4.34. The first kappa shape index (κ1) is 16.5. The van der Waals surface area contributed by atoms with Gasteiger partial charge in [-0.2, -0.15) is 0 Å². The van der Waals surface area contributed by atoms with Gasteiger partial charge in [0.05, 0.1) is 18.9 Å². The Kier molecular flexibility index (Phi) is 5.47. The molecule has 4 nitrogen and oxygen atoms in total. The minimum Gasteiger partial charge on any atom is -0.497 e. The van der Waals surface area contributed by atoms with E-state index >= 15 is 0 Å². The number of nitrogens with two attached hydrogens (primary N) is 1. The van der Waals surface area contributed by atoms with E-state index in [-0.39, 0.29) is 0 Å². The van der Waals surface area contributed by atoms with Crippen molar-refractivity contribution in [1.29, 1.82) is 0 Å². The third-order valence-electron chi connectivity index (χ3n) is 4.39. The van der Waals surface area contributed by atoms with Crippen molar-refractivity contribution in [2.75, 3.05) is 12.8 Å². The average molecular weight is 327 g/mol. The monoisotopic (exact) mass is 327 g/mol.